The van der Waals surface area contributed by atoms with Gasteiger partial charge in [-0.3, -0.25) is 4.79 Å². The Morgan fingerprint density at radius 3 is 2.00 bits per heavy atom. The summed E-state index contributed by atoms with van der Waals surface area (Å²) in [7, 11) is 0. The Bertz CT molecular complexity index is 943. The van der Waals surface area contributed by atoms with Crippen LogP contribution in [0.1, 0.15) is 41.4 Å². The molecule has 0 amide bonds. The molecule has 9 nitrogen and oxygen atoms in total. The minimum Gasteiger partial charge on any atom is -0.478 e. The number of carbonyl (C=O) groups excluding carboxylic acids is 2. The number of benzene rings is 2. The van der Waals surface area contributed by atoms with E-state index < -0.39 is 46.1 Å². The smallest absolute Gasteiger partial charge is 0.346 e. The molecule has 0 fully saturated rings. The monoisotopic (exact) mass is 358 g/mol. The molecule has 2 aromatic rings. The largest absolute Gasteiger partial charge is 0.478 e. The van der Waals surface area contributed by atoms with Crippen LogP contribution in [0.4, 0.5) is 0 Å². The topological polar surface area (TPSA) is 155 Å². The van der Waals surface area contributed by atoms with Crippen molar-refractivity contribution in [3.8, 4) is 11.1 Å². The molecule has 0 saturated heterocycles. The van der Waals surface area contributed by atoms with Crippen LogP contribution >= 0.6 is 0 Å². The first-order chi connectivity index (χ1) is 12.3. The van der Waals surface area contributed by atoms with E-state index in [-0.39, 0.29) is 17.6 Å². The molecule has 0 atom stereocenters. The molecule has 0 aliphatic carbocycles. The lowest BCUT2D eigenvalue weighted by Crippen LogP contribution is -2.12. The molecule has 0 aliphatic heterocycles. The van der Waals surface area contributed by atoms with E-state index in [2.05, 4.69) is 4.74 Å². The molecule has 132 valence electrons. The third kappa shape index (κ3) is 3.41. The lowest BCUT2D eigenvalue weighted by atomic mass is 9.93. The first-order valence-electron chi connectivity index (χ1n) is 6.89. The molecule has 26 heavy (non-hydrogen) atoms. The second-order valence-electron chi connectivity index (χ2n) is 4.91. The number of hydrogen-bond donors (Lipinski definition) is 3. The van der Waals surface area contributed by atoms with Crippen molar-refractivity contribution in [3.05, 3.63) is 58.7 Å². The highest BCUT2D eigenvalue weighted by atomic mass is 16.6. The molecule has 0 aromatic heterocycles. The Morgan fingerprint density at radius 2 is 1.46 bits per heavy atom. The summed E-state index contributed by atoms with van der Waals surface area (Å²) in [4.78, 5) is 56.1. The van der Waals surface area contributed by atoms with Crippen molar-refractivity contribution in [2.75, 3.05) is 0 Å². The number of rotatable bonds is 6. The first kappa shape index (κ1) is 18.3. The Hall–Kier alpha value is -4.01. The minimum absolute atomic E-state index is 0.0461. The van der Waals surface area contributed by atoms with E-state index in [1.54, 1.807) is 0 Å². The normalized spacial score (nSPS) is 10.0. The molecule has 2 aromatic carbocycles. The summed E-state index contributed by atoms with van der Waals surface area (Å²) in [5.41, 5.74) is -1.94. The maximum atomic E-state index is 11.6. The van der Waals surface area contributed by atoms with E-state index in [1.807, 2.05) is 0 Å². The summed E-state index contributed by atoms with van der Waals surface area (Å²) < 4.78 is 4.12. The molecule has 0 heterocycles. The van der Waals surface area contributed by atoms with Gasteiger partial charge in [0.2, 0.25) is 0 Å². The van der Waals surface area contributed by atoms with E-state index in [0.29, 0.717) is 0 Å². The van der Waals surface area contributed by atoms with Crippen molar-refractivity contribution >= 4 is 30.3 Å². The predicted octanol–water partition coefficient (Wildman–Crippen LogP) is 1.76. The lowest BCUT2D eigenvalue weighted by Gasteiger charge is -2.11. The van der Waals surface area contributed by atoms with E-state index >= 15 is 0 Å². The first-order valence-corrected chi connectivity index (χ1v) is 6.89. The van der Waals surface area contributed by atoms with Crippen LogP contribution in [0.25, 0.3) is 11.1 Å². The van der Waals surface area contributed by atoms with Gasteiger partial charge in [0, 0.05) is 0 Å². The van der Waals surface area contributed by atoms with Gasteiger partial charge in [-0.25, -0.2) is 19.2 Å². The molecule has 2 rings (SSSR count). The number of carboxylic acids is 3. The standard InChI is InChI=1S/C17H10O9/c18-7-26-17(25)10-5-4-8(6-12(10)15(21)22)9-2-1-3-11(14(19)20)13(9)16(23)24/h1-7H,(H,19,20)(H,21,22)(H,23,24). The number of carbonyl (C=O) groups is 5. The lowest BCUT2D eigenvalue weighted by molar-refractivity contribution is -0.123. The zero-order valence-electron chi connectivity index (χ0n) is 12.8. The van der Waals surface area contributed by atoms with Gasteiger partial charge < -0.3 is 20.1 Å². The summed E-state index contributed by atoms with van der Waals surface area (Å²) in [5.74, 6) is -5.69. The Morgan fingerprint density at radius 1 is 0.808 bits per heavy atom. The van der Waals surface area contributed by atoms with Crippen LogP contribution in [0.5, 0.6) is 0 Å². The van der Waals surface area contributed by atoms with Gasteiger partial charge in [0.05, 0.1) is 22.3 Å². The zero-order valence-corrected chi connectivity index (χ0v) is 12.8. The van der Waals surface area contributed by atoms with Gasteiger partial charge in [-0.15, -0.1) is 0 Å². The molecule has 0 spiro atoms. The number of esters is 1. The van der Waals surface area contributed by atoms with E-state index in [9.17, 15) is 34.2 Å². The summed E-state index contributed by atoms with van der Waals surface area (Å²) in [6.07, 6.45) is 0. The van der Waals surface area contributed by atoms with Crippen LogP contribution in [-0.4, -0.2) is 45.7 Å². The van der Waals surface area contributed by atoms with E-state index in [4.69, 9.17) is 5.11 Å². The average molecular weight is 358 g/mol. The number of aromatic carboxylic acids is 3. The fourth-order valence-corrected chi connectivity index (χ4v) is 2.38. The van der Waals surface area contributed by atoms with Crippen LogP contribution < -0.4 is 0 Å². The van der Waals surface area contributed by atoms with Crippen molar-refractivity contribution in [2.24, 2.45) is 0 Å². The number of hydrogen-bond acceptors (Lipinski definition) is 6. The number of ether oxygens (including phenoxy) is 1. The molecule has 0 unspecified atom stereocenters. The summed E-state index contributed by atoms with van der Waals surface area (Å²) in [5, 5.41) is 27.8. The van der Waals surface area contributed by atoms with Gasteiger partial charge in [0.25, 0.3) is 0 Å². The molecular formula is C17H10O9. The van der Waals surface area contributed by atoms with Crippen LogP contribution in [-0.2, 0) is 9.53 Å². The van der Waals surface area contributed by atoms with Crippen molar-refractivity contribution < 1.29 is 44.0 Å². The van der Waals surface area contributed by atoms with E-state index in [1.165, 1.54) is 18.2 Å². The summed E-state index contributed by atoms with van der Waals surface area (Å²) in [6, 6.07) is 6.98. The fraction of sp³-hybridized carbons (Fsp3) is 0. The van der Waals surface area contributed by atoms with E-state index in [0.717, 1.165) is 18.2 Å². The van der Waals surface area contributed by atoms with Crippen molar-refractivity contribution in [1.29, 1.82) is 0 Å². The van der Waals surface area contributed by atoms with Gasteiger partial charge in [-0.1, -0.05) is 18.2 Å². The molecule has 0 aliphatic rings. The number of carboxylic acid groups (broad SMARTS) is 3. The second kappa shape index (κ2) is 7.26. The Balaban J connectivity index is 2.73. The highest BCUT2D eigenvalue weighted by molar-refractivity contribution is 6.08. The molecule has 0 bridgehead atoms. The maximum Gasteiger partial charge on any atom is 0.346 e. The van der Waals surface area contributed by atoms with Gasteiger partial charge in [0.15, 0.2) is 0 Å². The van der Waals surface area contributed by atoms with Crippen molar-refractivity contribution in [1.82, 2.24) is 0 Å². The van der Waals surface area contributed by atoms with Crippen LogP contribution in [0.2, 0.25) is 0 Å². The van der Waals surface area contributed by atoms with Gasteiger partial charge in [-0.2, -0.15) is 0 Å². The maximum absolute atomic E-state index is 11.6. The van der Waals surface area contributed by atoms with Crippen molar-refractivity contribution in [3.63, 3.8) is 0 Å². The summed E-state index contributed by atoms with van der Waals surface area (Å²) in [6.45, 7) is -0.152. The Labute approximate surface area is 145 Å². The highest BCUT2D eigenvalue weighted by Gasteiger charge is 2.23. The minimum atomic E-state index is -1.52. The molecule has 0 saturated carbocycles. The average Bonchev–Trinajstić information content (AvgIpc) is 2.60. The second-order valence-corrected chi connectivity index (χ2v) is 4.91. The van der Waals surface area contributed by atoms with Gasteiger partial charge in [0.1, 0.15) is 0 Å². The molecule has 3 N–H and O–H groups in total. The molecule has 0 radical (unpaired) electrons. The van der Waals surface area contributed by atoms with Crippen LogP contribution in [0.15, 0.2) is 36.4 Å². The fourth-order valence-electron chi connectivity index (χ4n) is 2.38. The molecule has 9 heteroatoms. The van der Waals surface area contributed by atoms with Crippen molar-refractivity contribution in [2.45, 2.75) is 0 Å². The third-order valence-electron chi connectivity index (χ3n) is 3.44. The highest BCUT2D eigenvalue weighted by Crippen LogP contribution is 2.29. The summed E-state index contributed by atoms with van der Waals surface area (Å²) >= 11 is 0. The predicted molar refractivity (Wildman–Crippen MR) is 84.2 cm³/mol. The van der Waals surface area contributed by atoms with Gasteiger partial charge in [-0.05, 0) is 29.3 Å². The zero-order chi connectivity index (χ0) is 19.4. The van der Waals surface area contributed by atoms with Crippen LogP contribution in [0.3, 0.4) is 0 Å². The van der Waals surface area contributed by atoms with Gasteiger partial charge >= 0.3 is 30.3 Å². The SMILES string of the molecule is O=COC(=O)c1ccc(-c2cccc(C(=O)O)c2C(=O)O)cc1C(=O)O. The molecular weight excluding hydrogens is 348 g/mol. The Kier molecular flexibility index (Phi) is 5.12. The third-order valence-corrected chi connectivity index (χ3v) is 3.44. The van der Waals surface area contributed by atoms with Crippen LogP contribution in [0, 0.1) is 0 Å². The quantitative estimate of drug-likeness (QED) is 0.398.